The van der Waals surface area contributed by atoms with Crippen LogP contribution in [0.3, 0.4) is 0 Å². The summed E-state index contributed by atoms with van der Waals surface area (Å²) in [6.07, 6.45) is 4.81. The van der Waals surface area contributed by atoms with Crippen molar-refractivity contribution in [3.05, 3.63) is 40.9 Å². The van der Waals surface area contributed by atoms with Gasteiger partial charge in [-0.1, -0.05) is 30.0 Å². The number of nitrogens with zero attached hydrogens (tertiary/aromatic N) is 4. The average molecular weight is 415 g/mol. The van der Waals surface area contributed by atoms with Gasteiger partial charge in [0.2, 0.25) is 5.91 Å². The highest BCUT2D eigenvalue weighted by atomic mass is 32.1. The molecule has 2 aliphatic heterocycles. The second-order valence-corrected chi connectivity index (χ2v) is 8.76. The Morgan fingerprint density at radius 1 is 1.28 bits per heavy atom. The average Bonchev–Trinajstić information content (AvgIpc) is 3.44. The maximum absolute atomic E-state index is 13.2. The van der Waals surface area contributed by atoms with Gasteiger partial charge >= 0.3 is 0 Å². The Bertz CT molecular complexity index is 813. The van der Waals surface area contributed by atoms with Crippen LogP contribution in [-0.2, 0) is 4.79 Å². The highest BCUT2D eigenvalue weighted by Crippen LogP contribution is 2.40. The van der Waals surface area contributed by atoms with Crippen LogP contribution in [0.2, 0.25) is 0 Å². The first-order valence-electron chi connectivity index (χ1n) is 10.6. The largest absolute Gasteiger partial charge is 0.497 e. The summed E-state index contributed by atoms with van der Waals surface area (Å²) >= 11 is 1.38. The van der Waals surface area contributed by atoms with Crippen molar-refractivity contribution in [1.82, 2.24) is 19.4 Å². The summed E-state index contributed by atoms with van der Waals surface area (Å²) in [5, 5.41) is 6.36. The number of piperidine rings is 1. The molecule has 0 aliphatic carbocycles. The number of hydrogen-bond donors (Lipinski definition) is 0. The number of methoxy groups -OCH3 is 1. The fourth-order valence-corrected chi connectivity index (χ4v) is 5.37. The number of likely N-dealkylation sites (tertiary alicyclic amines) is 2. The minimum absolute atomic E-state index is 0.174. The number of carbonyl (C=O) groups is 1. The molecule has 0 spiro atoms. The standard InChI is InChI=1S/C22H30N4O2S/c1-3-17-8-4-5-10-25(17)14-22(27)26-12-19(16-7-6-9-18(11-16)28-2)20(13-26)21-15-29-24-23-21/h6-7,9,11,15,17,19-20H,3-5,8,10,12-14H2,1-2H3/t17-,19-,20+/m0/s1. The quantitative estimate of drug-likeness (QED) is 0.724. The van der Waals surface area contributed by atoms with Crippen molar-refractivity contribution >= 4 is 17.4 Å². The van der Waals surface area contributed by atoms with Crippen LogP contribution in [0.5, 0.6) is 5.75 Å². The van der Waals surface area contributed by atoms with E-state index in [1.165, 1.54) is 36.4 Å². The molecule has 0 N–H and O–H groups in total. The lowest BCUT2D eigenvalue weighted by Crippen LogP contribution is -2.46. The molecule has 1 aromatic carbocycles. The van der Waals surface area contributed by atoms with Crippen LogP contribution in [0.4, 0.5) is 0 Å². The molecule has 1 aromatic heterocycles. The van der Waals surface area contributed by atoms with Crippen LogP contribution in [0.25, 0.3) is 0 Å². The first kappa shape index (κ1) is 20.3. The van der Waals surface area contributed by atoms with Crippen LogP contribution in [0.1, 0.15) is 55.7 Å². The van der Waals surface area contributed by atoms with Crippen LogP contribution < -0.4 is 4.74 Å². The Kier molecular flexibility index (Phi) is 6.45. The lowest BCUT2D eigenvalue weighted by atomic mass is 9.87. The third-order valence-electron chi connectivity index (χ3n) is 6.51. The molecule has 1 amide bonds. The third kappa shape index (κ3) is 4.46. The van der Waals surface area contributed by atoms with Crippen molar-refractivity contribution in [1.29, 1.82) is 0 Å². The molecule has 2 saturated heterocycles. The van der Waals surface area contributed by atoms with Gasteiger partial charge in [-0.15, -0.1) is 5.10 Å². The molecule has 0 radical (unpaired) electrons. The maximum atomic E-state index is 13.2. The van der Waals surface area contributed by atoms with Crippen LogP contribution in [-0.4, -0.2) is 64.6 Å². The Morgan fingerprint density at radius 2 is 2.14 bits per heavy atom. The molecule has 2 fully saturated rings. The molecule has 3 atom stereocenters. The zero-order chi connectivity index (χ0) is 20.2. The molecule has 2 aromatic rings. The van der Waals surface area contributed by atoms with E-state index in [0.717, 1.165) is 31.0 Å². The lowest BCUT2D eigenvalue weighted by molar-refractivity contribution is -0.132. The summed E-state index contributed by atoms with van der Waals surface area (Å²) in [5.74, 6) is 1.47. The molecule has 0 bridgehead atoms. The molecule has 4 rings (SSSR count). The van der Waals surface area contributed by atoms with E-state index in [4.69, 9.17) is 4.74 Å². The molecule has 156 valence electrons. The van der Waals surface area contributed by atoms with Crippen LogP contribution >= 0.6 is 11.5 Å². The normalized spacial score (nSPS) is 25.3. The molecule has 0 unspecified atom stereocenters. The highest BCUT2D eigenvalue weighted by Gasteiger charge is 2.39. The number of ether oxygens (including phenoxy) is 1. The topological polar surface area (TPSA) is 58.6 Å². The Labute approximate surface area is 177 Å². The Balaban J connectivity index is 1.52. The lowest BCUT2D eigenvalue weighted by Gasteiger charge is -2.35. The molecular formula is C22H30N4O2S. The van der Waals surface area contributed by atoms with E-state index in [1.807, 2.05) is 22.4 Å². The zero-order valence-corrected chi connectivity index (χ0v) is 18.1. The first-order valence-corrected chi connectivity index (χ1v) is 11.5. The summed E-state index contributed by atoms with van der Waals surface area (Å²) in [4.78, 5) is 17.6. The van der Waals surface area contributed by atoms with E-state index in [-0.39, 0.29) is 17.7 Å². The third-order valence-corrected chi connectivity index (χ3v) is 7.03. The van der Waals surface area contributed by atoms with Crippen molar-refractivity contribution < 1.29 is 9.53 Å². The number of benzene rings is 1. The monoisotopic (exact) mass is 414 g/mol. The summed E-state index contributed by atoms with van der Waals surface area (Å²) in [5.41, 5.74) is 2.18. The maximum Gasteiger partial charge on any atom is 0.236 e. The predicted octanol–water partition coefficient (Wildman–Crippen LogP) is 3.52. The SMILES string of the molecule is CC[C@H]1CCCCN1CC(=O)N1C[C@@H](c2cccc(OC)c2)[C@H](c2csnn2)C1. The molecule has 0 saturated carbocycles. The Hall–Kier alpha value is -1.99. The Morgan fingerprint density at radius 3 is 2.90 bits per heavy atom. The van der Waals surface area contributed by atoms with Gasteiger partial charge in [0.15, 0.2) is 0 Å². The second kappa shape index (κ2) is 9.22. The minimum Gasteiger partial charge on any atom is -0.497 e. The summed E-state index contributed by atoms with van der Waals surface area (Å²) in [6.45, 7) is 5.23. The highest BCUT2D eigenvalue weighted by molar-refractivity contribution is 7.03. The number of hydrogen-bond acceptors (Lipinski definition) is 6. The molecule has 29 heavy (non-hydrogen) atoms. The fraction of sp³-hybridized carbons (Fsp3) is 0.591. The molecule has 3 heterocycles. The van der Waals surface area contributed by atoms with Crippen molar-refractivity contribution in [2.45, 2.75) is 50.5 Å². The van der Waals surface area contributed by atoms with Crippen molar-refractivity contribution in [2.24, 2.45) is 0 Å². The van der Waals surface area contributed by atoms with E-state index in [9.17, 15) is 4.79 Å². The van der Waals surface area contributed by atoms with E-state index in [1.54, 1.807) is 7.11 Å². The van der Waals surface area contributed by atoms with Crippen molar-refractivity contribution in [3.8, 4) is 5.75 Å². The zero-order valence-electron chi connectivity index (χ0n) is 17.3. The van der Waals surface area contributed by atoms with Crippen molar-refractivity contribution in [3.63, 3.8) is 0 Å². The summed E-state index contributed by atoms with van der Waals surface area (Å²) < 4.78 is 9.49. The van der Waals surface area contributed by atoms with Gasteiger partial charge in [-0.25, -0.2) is 0 Å². The smallest absolute Gasteiger partial charge is 0.236 e. The van der Waals surface area contributed by atoms with Crippen LogP contribution in [0.15, 0.2) is 29.6 Å². The van der Waals surface area contributed by atoms with E-state index in [2.05, 4.69) is 33.5 Å². The first-order chi connectivity index (χ1) is 14.2. The summed E-state index contributed by atoms with van der Waals surface area (Å²) in [6, 6.07) is 8.74. The van der Waals surface area contributed by atoms with E-state index in [0.29, 0.717) is 19.1 Å². The molecule has 2 aliphatic rings. The van der Waals surface area contributed by atoms with Gasteiger partial charge in [0.05, 0.1) is 19.3 Å². The predicted molar refractivity (Wildman–Crippen MR) is 114 cm³/mol. The van der Waals surface area contributed by atoms with Gasteiger partial charge in [-0.05, 0) is 55.0 Å². The molecule has 7 heteroatoms. The fourth-order valence-electron chi connectivity index (χ4n) is 4.85. The van der Waals surface area contributed by atoms with Crippen LogP contribution in [0, 0.1) is 0 Å². The van der Waals surface area contributed by atoms with Gasteiger partial charge in [0.25, 0.3) is 0 Å². The van der Waals surface area contributed by atoms with Gasteiger partial charge in [0, 0.05) is 36.3 Å². The van der Waals surface area contributed by atoms with Gasteiger partial charge in [0.1, 0.15) is 5.75 Å². The van der Waals surface area contributed by atoms with Gasteiger partial charge in [-0.3, -0.25) is 9.69 Å². The van der Waals surface area contributed by atoms with Gasteiger partial charge < -0.3 is 9.64 Å². The number of rotatable bonds is 6. The van der Waals surface area contributed by atoms with E-state index >= 15 is 0 Å². The minimum atomic E-state index is 0.174. The number of aromatic nitrogens is 2. The number of carbonyl (C=O) groups excluding carboxylic acids is 1. The van der Waals surface area contributed by atoms with E-state index < -0.39 is 0 Å². The second-order valence-electron chi connectivity index (χ2n) is 8.15. The number of amides is 1. The van der Waals surface area contributed by atoms with Gasteiger partial charge in [-0.2, -0.15) is 0 Å². The summed E-state index contributed by atoms with van der Waals surface area (Å²) in [7, 11) is 1.69. The molecular weight excluding hydrogens is 384 g/mol. The molecule has 6 nitrogen and oxygen atoms in total. The van der Waals surface area contributed by atoms with Crippen molar-refractivity contribution in [2.75, 3.05) is 33.3 Å².